The summed E-state index contributed by atoms with van der Waals surface area (Å²) >= 11 is 0. The second-order valence-corrected chi connectivity index (χ2v) is 4.48. The van der Waals surface area contributed by atoms with E-state index in [0.717, 1.165) is 19.3 Å². The number of rotatable bonds is 3. The van der Waals surface area contributed by atoms with Crippen LogP contribution >= 0.6 is 0 Å². The highest BCUT2D eigenvalue weighted by molar-refractivity contribution is 5.83. The maximum Gasteiger partial charge on any atom is 0.161 e. The van der Waals surface area contributed by atoms with Crippen molar-refractivity contribution in [2.45, 2.75) is 57.7 Å². The van der Waals surface area contributed by atoms with Crippen LogP contribution in [0.15, 0.2) is 0 Å². The van der Waals surface area contributed by atoms with Crippen LogP contribution < -0.4 is 0 Å². The highest BCUT2D eigenvalue weighted by Gasteiger charge is 2.30. The molecule has 2 atom stereocenters. The summed E-state index contributed by atoms with van der Waals surface area (Å²) in [5, 5.41) is 0. The van der Waals surface area contributed by atoms with Gasteiger partial charge in [-0.1, -0.05) is 19.3 Å². The van der Waals surface area contributed by atoms with Crippen molar-refractivity contribution in [3.63, 3.8) is 0 Å². The Morgan fingerprint density at radius 3 is 2.54 bits per heavy atom. The molecule has 1 aliphatic heterocycles. The van der Waals surface area contributed by atoms with E-state index in [4.69, 9.17) is 4.74 Å². The molecule has 2 heteroatoms. The molecule has 1 saturated heterocycles. The van der Waals surface area contributed by atoms with E-state index in [0.29, 0.717) is 17.8 Å². The molecule has 0 bridgehead atoms. The van der Waals surface area contributed by atoms with Crippen molar-refractivity contribution in [1.29, 1.82) is 0 Å². The Morgan fingerprint density at radius 1 is 1.31 bits per heavy atom. The Balaban J connectivity index is 1.76. The summed E-state index contributed by atoms with van der Waals surface area (Å²) in [6.45, 7) is 2.05. The summed E-state index contributed by atoms with van der Waals surface area (Å²) < 4.78 is 5.54. The lowest BCUT2D eigenvalue weighted by Gasteiger charge is -2.25. The van der Waals surface area contributed by atoms with Crippen LogP contribution in [0, 0.1) is 5.92 Å². The SMILES string of the molecule is CC1CCC(C(=O)CC2CCC2)O1. The summed E-state index contributed by atoms with van der Waals surface area (Å²) in [6.07, 6.45) is 6.86. The molecule has 0 spiro atoms. The normalized spacial score (nSPS) is 34.5. The second kappa shape index (κ2) is 3.79. The van der Waals surface area contributed by atoms with E-state index in [9.17, 15) is 4.79 Å². The number of hydrogen-bond acceptors (Lipinski definition) is 2. The zero-order chi connectivity index (χ0) is 9.26. The first-order valence-electron chi connectivity index (χ1n) is 5.44. The zero-order valence-corrected chi connectivity index (χ0v) is 8.29. The highest BCUT2D eigenvalue weighted by Crippen LogP contribution is 2.31. The number of carbonyl (C=O) groups is 1. The molecule has 0 N–H and O–H groups in total. The average Bonchev–Trinajstić information content (AvgIpc) is 2.44. The molecular weight excluding hydrogens is 164 g/mol. The molecule has 0 aromatic carbocycles. The third kappa shape index (κ3) is 2.11. The average molecular weight is 182 g/mol. The summed E-state index contributed by atoms with van der Waals surface area (Å²) in [7, 11) is 0. The van der Waals surface area contributed by atoms with Gasteiger partial charge in [0.15, 0.2) is 5.78 Å². The molecule has 2 rings (SSSR count). The third-order valence-electron chi connectivity index (χ3n) is 3.31. The highest BCUT2D eigenvalue weighted by atomic mass is 16.5. The summed E-state index contributed by atoms with van der Waals surface area (Å²) in [5.74, 6) is 1.04. The van der Waals surface area contributed by atoms with Gasteiger partial charge in [-0.3, -0.25) is 4.79 Å². The number of carbonyl (C=O) groups excluding carboxylic acids is 1. The van der Waals surface area contributed by atoms with E-state index < -0.39 is 0 Å². The first-order valence-corrected chi connectivity index (χ1v) is 5.44. The van der Waals surface area contributed by atoms with Crippen molar-refractivity contribution < 1.29 is 9.53 Å². The molecule has 1 aliphatic carbocycles. The molecule has 74 valence electrons. The van der Waals surface area contributed by atoms with Crippen LogP contribution in [-0.4, -0.2) is 18.0 Å². The Labute approximate surface area is 79.7 Å². The first kappa shape index (κ1) is 9.20. The van der Waals surface area contributed by atoms with E-state index in [1.54, 1.807) is 0 Å². The molecule has 0 aromatic heterocycles. The monoisotopic (exact) mass is 182 g/mol. The van der Waals surface area contributed by atoms with E-state index in [-0.39, 0.29) is 6.10 Å². The molecule has 1 saturated carbocycles. The fourth-order valence-corrected chi connectivity index (χ4v) is 2.15. The van der Waals surface area contributed by atoms with Crippen molar-refractivity contribution in [2.24, 2.45) is 5.92 Å². The van der Waals surface area contributed by atoms with Gasteiger partial charge in [-0.05, 0) is 25.7 Å². The van der Waals surface area contributed by atoms with Gasteiger partial charge in [-0.25, -0.2) is 0 Å². The smallest absolute Gasteiger partial charge is 0.161 e. The maximum absolute atomic E-state index is 11.7. The van der Waals surface area contributed by atoms with Crippen LogP contribution in [0.4, 0.5) is 0 Å². The van der Waals surface area contributed by atoms with E-state index >= 15 is 0 Å². The van der Waals surface area contributed by atoms with Crippen LogP contribution in [0.2, 0.25) is 0 Å². The topological polar surface area (TPSA) is 26.3 Å². The minimum absolute atomic E-state index is 0.0596. The van der Waals surface area contributed by atoms with Crippen molar-refractivity contribution in [3.8, 4) is 0 Å². The third-order valence-corrected chi connectivity index (χ3v) is 3.31. The fraction of sp³-hybridized carbons (Fsp3) is 0.909. The van der Waals surface area contributed by atoms with Gasteiger partial charge in [0, 0.05) is 6.42 Å². The summed E-state index contributed by atoms with van der Waals surface area (Å²) in [5.41, 5.74) is 0. The number of Topliss-reactive ketones (excluding diaryl/α,β-unsaturated/α-hetero) is 1. The van der Waals surface area contributed by atoms with Gasteiger partial charge in [0.25, 0.3) is 0 Å². The predicted molar refractivity (Wildman–Crippen MR) is 50.5 cm³/mol. The molecule has 0 amide bonds. The van der Waals surface area contributed by atoms with Gasteiger partial charge >= 0.3 is 0 Å². The zero-order valence-electron chi connectivity index (χ0n) is 8.29. The molecule has 2 unspecified atom stereocenters. The number of hydrogen-bond donors (Lipinski definition) is 0. The lowest BCUT2D eigenvalue weighted by Crippen LogP contribution is -2.25. The minimum atomic E-state index is -0.0596. The van der Waals surface area contributed by atoms with Gasteiger partial charge in [0.1, 0.15) is 6.10 Å². The van der Waals surface area contributed by atoms with Gasteiger partial charge in [0.05, 0.1) is 6.10 Å². The minimum Gasteiger partial charge on any atom is -0.368 e. The summed E-state index contributed by atoms with van der Waals surface area (Å²) in [4.78, 5) is 11.7. The Kier molecular flexibility index (Phi) is 2.68. The predicted octanol–water partition coefficient (Wildman–Crippen LogP) is 2.31. The molecule has 2 nitrogen and oxygen atoms in total. The molecule has 2 aliphatic rings. The van der Waals surface area contributed by atoms with Crippen LogP contribution in [0.5, 0.6) is 0 Å². The molecule has 0 aromatic rings. The van der Waals surface area contributed by atoms with E-state index in [1.165, 1.54) is 19.3 Å². The molecule has 2 fully saturated rings. The lowest BCUT2D eigenvalue weighted by molar-refractivity contribution is -0.131. The van der Waals surface area contributed by atoms with Gasteiger partial charge in [-0.2, -0.15) is 0 Å². The van der Waals surface area contributed by atoms with Crippen molar-refractivity contribution in [3.05, 3.63) is 0 Å². The lowest BCUT2D eigenvalue weighted by atomic mass is 9.81. The number of ether oxygens (including phenoxy) is 1. The molecule has 13 heavy (non-hydrogen) atoms. The number of ketones is 1. The van der Waals surface area contributed by atoms with Gasteiger partial charge in [-0.15, -0.1) is 0 Å². The van der Waals surface area contributed by atoms with Crippen molar-refractivity contribution in [2.75, 3.05) is 0 Å². The summed E-state index contributed by atoms with van der Waals surface area (Å²) in [6, 6.07) is 0. The molecular formula is C11H18O2. The first-order chi connectivity index (χ1) is 6.25. The van der Waals surface area contributed by atoms with Crippen molar-refractivity contribution in [1.82, 2.24) is 0 Å². The van der Waals surface area contributed by atoms with Gasteiger partial charge < -0.3 is 4.74 Å². The van der Waals surface area contributed by atoms with Crippen LogP contribution in [0.3, 0.4) is 0 Å². The quantitative estimate of drug-likeness (QED) is 0.669. The van der Waals surface area contributed by atoms with E-state index in [1.807, 2.05) is 0 Å². The Morgan fingerprint density at radius 2 is 2.08 bits per heavy atom. The molecule has 0 radical (unpaired) electrons. The Bertz CT molecular complexity index is 196. The molecule has 1 heterocycles. The van der Waals surface area contributed by atoms with Crippen molar-refractivity contribution >= 4 is 5.78 Å². The fourth-order valence-electron chi connectivity index (χ4n) is 2.15. The standard InChI is InChI=1S/C11H18O2/c1-8-5-6-11(13-8)10(12)7-9-3-2-4-9/h8-9,11H,2-7H2,1H3. The van der Waals surface area contributed by atoms with Crippen LogP contribution in [-0.2, 0) is 9.53 Å². The maximum atomic E-state index is 11.7. The van der Waals surface area contributed by atoms with E-state index in [2.05, 4.69) is 6.92 Å². The second-order valence-electron chi connectivity index (χ2n) is 4.48. The van der Waals surface area contributed by atoms with Gasteiger partial charge in [0.2, 0.25) is 0 Å². The largest absolute Gasteiger partial charge is 0.368 e. The van der Waals surface area contributed by atoms with Crippen LogP contribution in [0.1, 0.15) is 45.4 Å². The van der Waals surface area contributed by atoms with Crippen LogP contribution in [0.25, 0.3) is 0 Å². The Hall–Kier alpha value is -0.370.